The number of amides is 1. The first-order chi connectivity index (χ1) is 11.7. The number of rotatable bonds is 6. The number of nitrogens with one attached hydrogen (secondary N) is 1. The molecule has 0 unspecified atom stereocenters. The van der Waals surface area contributed by atoms with E-state index in [0.717, 1.165) is 21.7 Å². The summed E-state index contributed by atoms with van der Waals surface area (Å²) >= 11 is 5.82. The maximum Gasteiger partial charge on any atom is 0.245 e. The lowest BCUT2D eigenvalue weighted by Gasteiger charge is -2.26. The highest BCUT2D eigenvalue weighted by Crippen LogP contribution is 2.27. The molecule has 7 heteroatoms. The van der Waals surface area contributed by atoms with Gasteiger partial charge in [-0.1, -0.05) is 36.7 Å². The van der Waals surface area contributed by atoms with Crippen molar-refractivity contribution in [3.63, 3.8) is 0 Å². The third kappa shape index (κ3) is 4.96. The number of benzene rings is 2. The van der Waals surface area contributed by atoms with Crippen LogP contribution in [-0.4, -0.2) is 27.1 Å². The second-order valence-electron chi connectivity index (χ2n) is 5.76. The Labute approximate surface area is 153 Å². The standard InChI is InChI=1S/C18H21ClN2O3S/c1-4-14-7-5-6-13(2)18(14)21(25(3,23)24)12-17(22)20-16-10-8-15(19)9-11-16/h5-11H,4,12H2,1-3H3,(H,20,22). The van der Waals surface area contributed by atoms with E-state index in [2.05, 4.69) is 5.32 Å². The number of nitrogens with zero attached hydrogens (tertiary/aromatic N) is 1. The van der Waals surface area contributed by atoms with Gasteiger partial charge in [0.25, 0.3) is 0 Å². The SMILES string of the molecule is CCc1cccc(C)c1N(CC(=O)Nc1ccc(Cl)cc1)S(C)(=O)=O. The van der Waals surface area contributed by atoms with Crippen molar-refractivity contribution in [3.8, 4) is 0 Å². The van der Waals surface area contributed by atoms with Gasteiger partial charge in [0.15, 0.2) is 0 Å². The van der Waals surface area contributed by atoms with Gasteiger partial charge < -0.3 is 5.32 Å². The number of para-hydroxylation sites is 1. The van der Waals surface area contributed by atoms with Crippen molar-refractivity contribution in [2.45, 2.75) is 20.3 Å². The fourth-order valence-electron chi connectivity index (χ4n) is 2.59. The summed E-state index contributed by atoms with van der Waals surface area (Å²) in [5, 5.41) is 3.25. The molecule has 0 saturated carbocycles. The quantitative estimate of drug-likeness (QED) is 0.832. The Morgan fingerprint density at radius 3 is 2.36 bits per heavy atom. The number of anilines is 2. The zero-order valence-electron chi connectivity index (χ0n) is 14.4. The molecule has 2 rings (SSSR count). The Morgan fingerprint density at radius 2 is 1.80 bits per heavy atom. The number of carbonyl (C=O) groups is 1. The number of halogens is 1. The van der Waals surface area contributed by atoms with Crippen LogP contribution in [0.2, 0.25) is 5.02 Å². The van der Waals surface area contributed by atoms with Crippen molar-refractivity contribution < 1.29 is 13.2 Å². The zero-order valence-corrected chi connectivity index (χ0v) is 16.0. The van der Waals surface area contributed by atoms with Crippen molar-refractivity contribution in [2.75, 3.05) is 22.4 Å². The summed E-state index contributed by atoms with van der Waals surface area (Å²) in [5.41, 5.74) is 2.82. The third-order valence-corrected chi connectivity index (χ3v) is 5.13. The van der Waals surface area contributed by atoms with E-state index in [4.69, 9.17) is 11.6 Å². The van der Waals surface area contributed by atoms with Crippen LogP contribution in [0.15, 0.2) is 42.5 Å². The van der Waals surface area contributed by atoms with Crippen LogP contribution < -0.4 is 9.62 Å². The molecule has 0 aromatic heterocycles. The van der Waals surface area contributed by atoms with E-state index in [9.17, 15) is 13.2 Å². The molecule has 2 aromatic carbocycles. The van der Waals surface area contributed by atoms with Crippen LogP contribution in [0.1, 0.15) is 18.1 Å². The number of carbonyl (C=O) groups excluding carboxylic acids is 1. The van der Waals surface area contributed by atoms with Crippen LogP contribution in [0, 0.1) is 6.92 Å². The van der Waals surface area contributed by atoms with Gasteiger partial charge in [-0.15, -0.1) is 0 Å². The number of hydrogen-bond donors (Lipinski definition) is 1. The molecule has 1 N–H and O–H groups in total. The highest BCUT2D eigenvalue weighted by molar-refractivity contribution is 7.92. The molecule has 0 saturated heterocycles. The molecule has 0 fully saturated rings. The van der Waals surface area contributed by atoms with Crippen LogP contribution in [0.25, 0.3) is 0 Å². The number of aryl methyl sites for hydroxylation is 2. The monoisotopic (exact) mass is 380 g/mol. The van der Waals surface area contributed by atoms with Crippen molar-refractivity contribution in [1.29, 1.82) is 0 Å². The van der Waals surface area contributed by atoms with Gasteiger partial charge in [-0.2, -0.15) is 0 Å². The Hall–Kier alpha value is -2.05. The second-order valence-corrected chi connectivity index (χ2v) is 8.10. The van der Waals surface area contributed by atoms with Crippen molar-refractivity contribution in [3.05, 3.63) is 58.6 Å². The van der Waals surface area contributed by atoms with E-state index < -0.39 is 15.9 Å². The predicted molar refractivity (Wildman–Crippen MR) is 103 cm³/mol. The summed E-state index contributed by atoms with van der Waals surface area (Å²) in [6.07, 6.45) is 1.77. The minimum atomic E-state index is -3.62. The van der Waals surface area contributed by atoms with Crippen LogP contribution in [-0.2, 0) is 21.2 Å². The van der Waals surface area contributed by atoms with Crippen LogP contribution >= 0.6 is 11.6 Å². The maximum absolute atomic E-state index is 12.4. The van der Waals surface area contributed by atoms with Gasteiger partial charge in [0.1, 0.15) is 6.54 Å². The fraction of sp³-hybridized carbons (Fsp3) is 0.278. The summed E-state index contributed by atoms with van der Waals surface area (Å²) in [6.45, 7) is 3.50. The molecular formula is C18H21ClN2O3S. The Balaban J connectivity index is 2.31. The largest absolute Gasteiger partial charge is 0.325 e. The number of sulfonamides is 1. The van der Waals surface area contributed by atoms with Gasteiger partial charge in [0, 0.05) is 10.7 Å². The molecule has 1 amide bonds. The molecular weight excluding hydrogens is 360 g/mol. The molecule has 134 valence electrons. The molecule has 0 bridgehead atoms. The van der Waals surface area contributed by atoms with E-state index in [-0.39, 0.29) is 6.54 Å². The third-order valence-electron chi connectivity index (χ3n) is 3.77. The lowest BCUT2D eigenvalue weighted by atomic mass is 10.1. The Bertz CT molecular complexity index is 864. The topological polar surface area (TPSA) is 66.5 Å². The first-order valence-corrected chi connectivity index (χ1v) is 10.1. The van der Waals surface area contributed by atoms with Crippen LogP contribution in [0.4, 0.5) is 11.4 Å². The molecule has 0 heterocycles. The average molecular weight is 381 g/mol. The smallest absolute Gasteiger partial charge is 0.245 e. The van der Waals surface area contributed by atoms with Crippen molar-refractivity contribution in [2.24, 2.45) is 0 Å². The van der Waals surface area contributed by atoms with Gasteiger partial charge in [0.05, 0.1) is 11.9 Å². The van der Waals surface area contributed by atoms with Gasteiger partial charge in [0.2, 0.25) is 15.9 Å². The highest BCUT2D eigenvalue weighted by Gasteiger charge is 2.24. The summed E-state index contributed by atoms with van der Waals surface area (Å²) in [7, 11) is -3.62. The van der Waals surface area contributed by atoms with Gasteiger partial charge >= 0.3 is 0 Å². The van der Waals surface area contributed by atoms with Gasteiger partial charge in [-0.05, 0) is 48.7 Å². The molecule has 0 aliphatic carbocycles. The fourth-order valence-corrected chi connectivity index (χ4v) is 3.66. The van der Waals surface area contributed by atoms with E-state index in [1.54, 1.807) is 24.3 Å². The number of hydrogen-bond acceptors (Lipinski definition) is 3. The molecule has 2 aromatic rings. The molecule has 5 nitrogen and oxygen atoms in total. The average Bonchev–Trinajstić information content (AvgIpc) is 2.54. The van der Waals surface area contributed by atoms with Crippen LogP contribution in [0.3, 0.4) is 0 Å². The summed E-state index contributed by atoms with van der Waals surface area (Å²) in [4.78, 5) is 12.4. The molecule has 25 heavy (non-hydrogen) atoms. The maximum atomic E-state index is 12.4. The summed E-state index contributed by atoms with van der Waals surface area (Å²) < 4.78 is 25.8. The van der Waals surface area contributed by atoms with E-state index in [1.807, 2.05) is 32.0 Å². The van der Waals surface area contributed by atoms with Gasteiger partial charge in [-0.25, -0.2) is 8.42 Å². The molecule has 0 aliphatic heterocycles. The Kier molecular flexibility index (Phi) is 6.08. The Morgan fingerprint density at radius 1 is 1.16 bits per heavy atom. The predicted octanol–water partition coefficient (Wildman–Crippen LogP) is 3.62. The minimum Gasteiger partial charge on any atom is -0.325 e. The van der Waals surface area contributed by atoms with Crippen LogP contribution in [0.5, 0.6) is 0 Å². The lowest BCUT2D eigenvalue weighted by Crippen LogP contribution is -2.38. The second kappa shape index (κ2) is 7.89. The molecule has 0 spiro atoms. The first-order valence-electron chi connectivity index (χ1n) is 7.84. The first kappa shape index (κ1) is 19.3. The van der Waals surface area contributed by atoms with E-state index in [1.165, 1.54) is 0 Å². The van der Waals surface area contributed by atoms with Gasteiger partial charge in [-0.3, -0.25) is 9.10 Å². The lowest BCUT2D eigenvalue weighted by molar-refractivity contribution is -0.114. The van der Waals surface area contributed by atoms with E-state index in [0.29, 0.717) is 22.8 Å². The normalized spacial score (nSPS) is 11.2. The summed E-state index contributed by atoms with van der Waals surface area (Å²) in [6, 6.07) is 12.2. The molecule has 0 aliphatic rings. The summed E-state index contributed by atoms with van der Waals surface area (Å²) in [5.74, 6) is -0.418. The van der Waals surface area contributed by atoms with Crippen molar-refractivity contribution in [1.82, 2.24) is 0 Å². The highest BCUT2D eigenvalue weighted by atomic mass is 35.5. The minimum absolute atomic E-state index is 0.292. The van der Waals surface area contributed by atoms with E-state index >= 15 is 0 Å². The zero-order chi connectivity index (χ0) is 18.6. The molecule has 0 radical (unpaired) electrons. The molecule has 0 atom stereocenters. The van der Waals surface area contributed by atoms with Crippen molar-refractivity contribution >= 4 is 38.9 Å².